The van der Waals surface area contributed by atoms with Crippen LogP contribution in [0.2, 0.25) is 0 Å². The lowest BCUT2D eigenvalue weighted by Gasteiger charge is -2.72. The van der Waals surface area contributed by atoms with E-state index in [1.807, 2.05) is 19.1 Å². The fourth-order valence-corrected chi connectivity index (χ4v) is 14.3. The summed E-state index contributed by atoms with van der Waals surface area (Å²) in [6.45, 7) is 22.2. The lowest BCUT2D eigenvalue weighted by Crippen LogP contribution is -2.66. The molecule has 0 saturated heterocycles. The van der Waals surface area contributed by atoms with E-state index in [9.17, 15) is 29.5 Å². The molecule has 1 aromatic heterocycles. The Kier molecular flexibility index (Phi) is 10.2. The summed E-state index contributed by atoms with van der Waals surface area (Å²) in [5.41, 5.74) is 9.06. The van der Waals surface area contributed by atoms with Crippen molar-refractivity contribution in [1.82, 2.24) is 9.36 Å². The molecule has 0 bridgehead atoms. The number of nitrogens with two attached hydrogens (primary N) is 1. The second kappa shape index (κ2) is 14.1. The third kappa shape index (κ3) is 5.86. The number of nitrogens with zero attached hydrogens (tertiary/aromatic N) is 3. The predicted molar refractivity (Wildman–Crippen MR) is 223 cm³/mol. The Hall–Kier alpha value is -3.97. The maximum atomic E-state index is 14.6. The van der Waals surface area contributed by atoms with Crippen molar-refractivity contribution in [3.05, 3.63) is 62.6 Å². The zero-order valence-corrected chi connectivity index (χ0v) is 36.6. The van der Waals surface area contributed by atoms with Crippen molar-refractivity contribution < 1.29 is 24.2 Å². The molecule has 0 amide bonds. The first-order valence-electron chi connectivity index (χ1n) is 21.8. The molecule has 4 fully saturated rings. The molecule has 2 aromatic rings. The van der Waals surface area contributed by atoms with E-state index >= 15 is 0 Å². The Bertz CT molecular complexity index is 2170. The van der Waals surface area contributed by atoms with E-state index in [-0.39, 0.29) is 57.4 Å². The molecule has 7 rings (SSSR count). The maximum absolute atomic E-state index is 14.6. The molecule has 8 atom stereocenters. The van der Waals surface area contributed by atoms with Gasteiger partial charge in [-0.1, -0.05) is 48.5 Å². The van der Waals surface area contributed by atoms with E-state index in [2.05, 4.69) is 59.2 Å². The van der Waals surface area contributed by atoms with Crippen molar-refractivity contribution in [1.29, 1.82) is 5.26 Å². The zero-order chi connectivity index (χ0) is 42.5. The van der Waals surface area contributed by atoms with Crippen LogP contribution in [-0.2, 0) is 31.1 Å². The van der Waals surface area contributed by atoms with E-state index < -0.39 is 22.8 Å². The lowest BCUT2D eigenvalue weighted by molar-refractivity contribution is -0.232. The number of carboxylic acid groups (broad SMARTS) is 1. The number of carbonyl (C=O) groups excluding carboxylic acids is 2. The molecule has 10 heteroatoms. The van der Waals surface area contributed by atoms with Crippen molar-refractivity contribution in [2.75, 3.05) is 6.54 Å². The van der Waals surface area contributed by atoms with Gasteiger partial charge in [0.25, 0.3) is 5.56 Å². The molecule has 1 heterocycles. The van der Waals surface area contributed by atoms with Crippen molar-refractivity contribution in [3.63, 3.8) is 0 Å². The fraction of sp³-hybridized carbons (Fsp3) is 0.688. The summed E-state index contributed by atoms with van der Waals surface area (Å²) in [5, 5.41) is 19.1. The van der Waals surface area contributed by atoms with E-state index in [1.165, 1.54) is 5.57 Å². The molecular formula is C48H66N4O6. The highest BCUT2D eigenvalue weighted by atomic mass is 16.5. The first kappa shape index (κ1) is 42.2. The number of rotatable bonds is 9. The smallest absolute Gasteiger partial charge is 0.309 e. The molecule has 314 valence electrons. The average Bonchev–Trinajstić information content (AvgIpc) is 3.58. The van der Waals surface area contributed by atoms with Gasteiger partial charge in [0, 0.05) is 29.4 Å². The number of fused-ring (bicyclic) bond motifs is 7. The molecule has 5 aliphatic rings. The normalized spacial score (nSPS) is 34.2. The van der Waals surface area contributed by atoms with Gasteiger partial charge in [-0.15, -0.1) is 0 Å². The first-order chi connectivity index (χ1) is 27.1. The molecule has 0 spiro atoms. The van der Waals surface area contributed by atoms with Crippen LogP contribution in [-0.4, -0.2) is 44.8 Å². The number of carboxylic acids is 1. The second-order valence-electron chi connectivity index (χ2n) is 21.1. The van der Waals surface area contributed by atoms with E-state index in [1.54, 1.807) is 30.7 Å². The first-order valence-corrected chi connectivity index (χ1v) is 21.8. The number of ketones is 1. The van der Waals surface area contributed by atoms with Crippen LogP contribution >= 0.6 is 0 Å². The fourth-order valence-electron chi connectivity index (χ4n) is 14.3. The number of ether oxygens (including phenoxy) is 1. The van der Waals surface area contributed by atoms with Crippen LogP contribution in [0.15, 0.2) is 40.2 Å². The Balaban J connectivity index is 1.28. The average molecular weight is 795 g/mol. The summed E-state index contributed by atoms with van der Waals surface area (Å²) in [7, 11) is 0. The topological polar surface area (TPSA) is 157 Å². The van der Waals surface area contributed by atoms with Crippen molar-refractivity contribution in [2.45, 2.75) is 152 Å². The van der Waals surface area contributed by atoms with Crippen molar-refractivity contribution in [3.8, 4) is 11.8 Å². The van der Waals surface area contributed by atoms with Crippen LogP contribution in [0.1, 0.15) is 143 Å². The standard InChI is InChI=1S/C48H66N4O6/c1-28(2)38-33(53)25-48(40-29(3)41(55)52(51(40)24-23-49)31-13-11-30(27-50)12-14-31)22-21-46(9)32(39(38)48)15-16-35-45(8)19-18-36(58-37(54)26-43(4,5)42(56)57)44(6,7)34(45)17-20-47(35,46)10/h11-14,28,32,34-36H,15-26,49H2,1-10H3,(H,56,57)/t32-,34+,35-,36+,45+,46-,47-,48-/m1/s1. The number of carbonyl (C=O) groups is 3. The second-order valence-corrected chi connectivity index (χ2v) is 21.1. The molecule has 1 aromatic carbocycles. The van der Waals surface area contributed by atoms with Gasteiger partial charge in [0.1, 0.15) is 6.10 Å². The van der Waals surface area contributed by atoms with Crippen LogP contribution in [0.25, 0.3) is 5.69 Å². The monoisotopic (exact) mass is 794 g/mol. The number of aromatic nitrogens is 2. The number of aliphatic carboxylic acids is 1. The Morgan fingerprint density at radius 1 is 0.966 bits per heavy atom. The number of Topliss-reactive ketones (excluding diaryl/α,β-unsaturated/α-hetero) is 1. The van der Waals surface area contributed by atoms with Gasteiger partial charge < -0.3 is 15.6 Å². The molecule has 5 aliphatic carbocycles. The van der Waals surface area contributed by atoms with Gasteiger partial charge in [0.2, 0.25) is 0 Å². The lowest BCUT2D eigenvalue weighted by atomic mass is 9.33. The number of allylic oxidation sites excluding steroid dienone is 2. The van der Waals surface area contributed by atoms with Gasteiger partial charge in [-0.3, -0.25) is 23.9 Å². The summed E-state index contributed by atoms with van der Waals surface area (Å²) >= 11 is 0. The summed E-state index contributed by atoms with van der Waals surface area (Å²) in [6, 6.07) is 9.29. The number of hydrogen-bond donors (Lipinski definition) is 2. The number of esters is 1. The number of hydrogen-bond acceptors (Lipinski definition) is 7. The minimum Gasteiger partial charge on any atom is -0.481 e. The molecule has 10 nitrogen and oxygen atoms in total. The van der Waals surface area contributed by atoms with Crippen LogP contribution in [0.3, 0.4) is 0 Å². The van der Waals surface area contributed by atoms with E-state index in [4.69, 9.17) is 10.5 Å². The zero-order valence-electron chi connectivity index (χ0n) is 36.6. The van der Waals surface area contributed by atoms with Crippen molar-refractivity contribution >= 4 is 17.7 Å². The van der Waals surface area contributed by atoms with Crippen LogP contribution in [0, 0.1) is 69.0 Å². The highest BCUT2D eigenvalue weighted by molar-refractivity contribution is 6.02. The maximum Gasteiger partial charge on any atom is 0.309 e. The quantitative estimate of drug-likeness (QED) is 0.240. The van der Waals surface area contributed by atoms with Crippen LogP contribution in [0.5, 0.6) is 0 Å². The molecule has 0 radical (unpaired) electrons. The minimum atomic E-state index is -1.19. The molecule has 4 saturated carbocycles. The third-order valence-electron chi connectivity index (χ3n) is 17.2. The van der Waals surface area contributed by atoms with Gasteiger partial charge in [-0.2, -0.15) is 5.26 Å². The summed E-state index contributed by atoms with van der Waals surface area (Å²) < 4.78 is 9.98. The summed E-state index contributed by atoms with van der Waals surface area (Å²) in [6.07, 6.45) is 7.40. The molecule has 0 aliphatic heterocycles. The van der Waals surface area contributed by atoms with E-state index in [0.717, 1.165) is 62.6 Å². The molecule has 3 N–H and O–H groups in total. The molecule has 58 heavy (non-hydrogen) atoms. The SMILES string of the molecule is Cc1c([C@@]23CC[C@]4(C)[C@H](CC[C@@H]5[C@@]6(C)CC[C@H](OC(=O)CC(C)(C)C(=O)O)C(C)(C)[C@@H]6CC[C@]54C)C2=C(C(C)C)C(=O)C3)n(CCN)n(-c2ccc(C#N)cc2)c1=O. The highest BCUT2D eigenvalue weighted by Crippen LogP contribution is 2.77. The van der Waals surface area contributed by atoms with Gasteiger partial charge in [-0.25, -0.2) is 4.68 Å². The summed E-state index contributed by atoms with van der Waals surface area (Å²) in [5.74, 6) is -0.258. The highest BCUT2D eigenvalue weighted by Gasteiger charge is 2.71. The van der Waals surface area contributed by atoms with Gasteiger partial charge in [-0.05, 0) is 147 Å². The van der Waals surface area contributed by atoms with Gasteiger partial charge in [0.05, 0.1) is 41.4 Å². The molecular weight excluding hydrogens is 729 g/mol. The third-order valence-corrected chi connectivity index (χ3v) is 17.2. The molecule has 0 unspecified atom stereocenters. The largest absolute Gasteiger partial charge is 0.481 e. The Morgan fingerprint density at radius 2 is 1.64 bits per heavy atom. The van der Waals surface area contributed by atoms with Gasteiger partial charge >= 0.3 is 11.9 Å². The van der Waals surface area contributed by atoms with Crippen LogP contribution in [0.4, 0.5) is 0 Å². The van der Waals surface area contributed by atoms with Crippen LogP contribution < -0.4 is 11.3 Å². The Morgan fingerprint density at radius 3 is 2.24 bits per heavy atom. The van der Waals surface area contributed by atoms with Gasteiger partial charge in [0.15, 0.2) is 5.78 Å². The van der Waals surface area contributed by atoms with E-state index in [0.29, 0.717) is 48.2 Å². The summed E-state index contributed by atoms with van der Waals surface area (Å²) in [4.78, 5) is 54.0. The number of nitriles is 1. The Labute approximate surface area is 344 Å². The number of benzene rings is 1. The van der Waals surface area contributed by atoms with Crippen molar-refractivity contribution in [2.24, 2.45) is 56.5 Å². The predicted octanol–water partition coefficient (Wildman–Crippen LogP) is 8.42. The minimum absolute atomic E-state index is 0.0134.